The molecule has 1 fully saturated rings. The zero-order valence-electron chi connectivity index (χ0n) is 15.5. The van der Waals surface area contributed by atoms with E-state index >= 15 is 0 Å². The summed E-state index contributed by atoms with van der Waals surface area (Å²) in [6.07, 6.45) is 4.92. The molecule has 0 N–H and O–H groups in total. The minimum atomic E-state index is -1.45. The van der Waals surface area contributed by atoms with Gasteiger partial charge < -0.3 is 14.2 Å². The van der Waals surface area contributed by atoms with Gasteiger partial charge in [-0.3, -0.25) is 0 Å². The fourth-order valence-electron chi connectivity index (χ4n) is 5.73. The molecule has 0 unspecified atom stereocenters. The lowest BCUT2D eigenvalue weighted by Gasteiger charge is -2.47. The Morgan fingerprint density at radius 3 is 2.50 bits per heavy atom. The maximum atomic E-state index is 6.60. The average molecular weight is 345 g/mol. The van der Waals surface area contributed by atoms with Crippen LogP contribution >= 0.6 is 0 Å². The molecule has 1 saturated heterocycles. The third kappa shape index (κ3) is 1.78. The molecule has 3 nitrogen and oxygen atoms in total. The van der Waals surface area contributed by atoms with Crippen LogP contribution in [0, 0.1) is 0 Å². The first-order valence-corrected chi connectivity index (χ1v) is 12.9. The number of ether oxygens (including phenoxy) is 3. The largest absolute Gasteiger partial charge is 0.372 e. The minimum Gasteiger partial charge on any atom is -0.372 e. The predicted octanol–water partition coefficient (Wildman–Crippen LogP) is 4.02. The lowest BCUT2D eigenvalue weighted by atomic mass is 9.65. The number of fused-ring (bicyclic) bond motifs is 3. The summed E-state index contributed by atoms with van der Waals surface area (Å²) >= 11 is 0. The summed E-state index contributed by atoms with van der Waals surface area (Å²) in [5.74, 6) is -0.489. The Labute approximate surface area is 145 Å². The minimum absolute atomic E-state index is 0.116. The molecule has 0 bridgehead atoms. The molecule has 2 aliphatic heterocycles. The molecule has 1 spiro atoms. The van der Waals surface area contributed by atoms with Crippen molar-refractivity contribution in [1.29, 1.82) is 0 Å². The van der Waals surface area contributed by atoms with Crippen LogP contribution in [-0.2, 0) is 39.4 Å². The van der Waals surface area contributed by atoms with Gasteiger partial charge in [-0.25, -0.2) is 0 Å². The van der Waals surface area contributed by atoms with E-state index in [-0.39, 0.29) is 11.7 Å². The molecule has 1 aromatic carbocycles. The highest BCUT2D eigenvalue weighted by Crippen LogP contribution is 2.66. The van der Waals surface area contributed by atoms with Crippen molar-refractivity contribution in [3.8, 4) is 0 Å². The highest BCUT2D eigenvalue weighted by molar-refractivity contribution is 6.89. The fourth-order valence-corrected chi connectivity index (χ4v) is 8.01. The van der Waals surface area contributed by atoms with Crippen molar-refractivity contribution in [1.82, 2.24) is 0 Å². The van der Waals surface area contributed by atoms with E-state index in [0.717, 1.165) is 19.6 Å². The van der Waals surface area contributed by atoms with Gasteiger partial charge in [-0.15, -0.1) is 0 Å². The Hall–Kier alpha value is -0.683. The van der Waals surface area contributed by atoms with Crippen molar-refractivity contribution in [3.05, 3.63) is 27.8 Å². The van der Waals surface area contributed by atoms with Crippen LogP contribution in [0.1, 0.15) is 67.0 Å². The van der Waals surface area contributed by atoms with Crippen molar-refractivity contribution >= 4 is 13.3 Å². The third-order valence-corrected chi connectivity index (χ3v) is 8.37. The molecule has 0 amide bonds. The molecule has 2 aliphatic carbocycles. The van der Waals surface area contributed by atoms with E-state index in [1.165, 1.54) is 41.5 Å². The second-order valence-corrected chi connectivity index (χ2v) is 14.4. The first kappa shape index (κ1) is 15.6. The van der Waals surface area contributed by atoms with Crippen LogP contribution < -0.4 is 5.19 Å². The lowest BCUT2D eigenvalue weighted by molar-refractivity contribution is -0.164. The highest BCUT2D eigenvalue weighted by atomic mass is 28.3. The van der Waals surface area contributed by atoms with Gasteiger partial charge in [0.15, 0.2) is 5.79 Å². The van der Waals surface area contributed by atoms with E-state index in [9.17, 15) is 0 Å². The second-order valence-electron chi connectivity index (χ2n) is 9.44. The molecular weight excluding hydrogens is 316 g/mol. The topological polar surface area (TPSA) is 27.7 Å². The predicted molar refractivity (Wildman–Crippen MR) is 96.1 cm³/mol. The number of hydrogen-bond acceptors (Lipinski definition) is 3. The highest BCUT2D eigenvalue weighted by Gasteiger charge is 2.65. The Kier molecular flexibility index (Phi) is 2.94. The number of rotatable bonds is 1. The van der Waals surface area contributed by atoms with Crippen LogP contribution in [0.5, 0.6) is 0 Å². The van der Waals surface area contributed by atoms with Crippen molar-refractivity contribution in [2.75, 3.05) is 0 Å². The van der Waals surface area contributed by atoms with E-state index in [1.807, 2.05) is 0 Å². The van der Waals surface area contributed by atoms with Crippen molar-refractivity contribution < 1.29 is 14.2 Å². The molecule has 1 aromatic rings. The summed E-state index contributed by atoms with van der Waals surface area (Å²) < 4.78 is 18.9. The van der Waals surface area contributed by atoms with Crippen LogP contribution in [0.2, 0.25) is 19.6 Å². The molecule has 5 rings (SSSR count). The molecule has 24 heavy (non-hydrogen) atoms. The molecule has 0 aromatic heterocycles. The maximum Gasteiger partial charge on any atom is 0.165 e. The SMILES string of the molecule is CC1(C)O[C@H]2c3c4c(c([Si](C)(C)C)c5c3[C@@]2(CCCC5)O1)COC4. The van der Waals surface area contributed by atoms with Crippen molar-refractivity contribution in [2.24, 2.45) is 0 Å². The summed E-state index contributed by atoms with van der Waals surface area (Å²) in [6.45, 7) is 13.1. The van der Waals surface area contributed by atoms with Crippen LogP contribution in [0.25, 0.3) is 0 Å². The standard InChI is InChI=1S/C20H28O3Si/c1-19(2)22-18-15-13-10-21-11-14(13)17(24(3,4)5)12-8-6-7-9-20(18,23-19)16(12)15/h18H,6-11H2,1-5H3/t18-,20+/m0/s1. The number of benzene rings is 1. The lowest BCUT2D eigenvalue weighted by Crippen LogP contribution is -2.50. The van der Waals surface area contributed by atoms with E-state index in [0.29, 0.717) is 0 Å². The normalized spacial score (nSPS) is 32.6. The molecule has 4 heteroatoms. The Morgan fingerprint density at radius 2 is 1.75 bits per heavy atom. The second kappa shape index (κ2) is 4.53. The van der Waals surface area contributed by atoms with E-state index in [4.69, 9.17) is 14.2 Å². The zero-order chi connectivity index (χ0) is 16.9. The first-order chi connectivity index (χ1) is 11.2. The smallest absolute Gasteiger partial charge is 0.165 e. The Morgan fingerprint density at radius 1 is 1.00 bits per heavy atom. The van der Waals surface area contributed by atoms with E-state index < -0.39 is 13.9 Å². The summed E-state index contributed by atoms with van der Waals surface area (Å²) in [5, 5.41) is 1.67. The van der Waals surface area contributed by atoms with Gasteiger partial charge in [-0.2, -0.15) is 0 Å². The molecule has 130 valence electrons. The van der Waals surface area contributed by atoms with Gasteiger partial charge in [0.25, 0.3) is 0 Å². The van der Waals surface area contributed by atoms with E-state index in [1.54, 1.807) is 10.8 Å². The summed E-state index contributed by atoms with van der Waals surface area (Å²) in [5.41, 5.74) is 7.32. The Balaban J connectivity index is 1.84. The molecule has 2 atom stereocenters. The van der Waals surface area contributed by atoms with Crippen molar-refractivity contribution in [2.45, 2.75) is 89.9 Å². The first-order valence-electron chi connectivity index (χ1n) is 9.42. The molecule has 2 heterocycles. The molecule has 4 aliphatic rings. The van der Waals surface area contributed by atoms with E-state index in [2.05, 4.69) is 33.5 Å². The van der Waals surface area contributed by atoms with Gasteiger partial charge in [-0.05, 0) is 67.3 Å². The van der Waals surface area contributed by atoms with Gasteiger partial charge >= 0.3 is 0 Å². The van der Waals surface area contributed by atoms with Crippen LogP contribution in [-0.4, -0.2) is 13.9 Å². The van der Waals surface area contributed by atoms with Crippen LogP contribution in [0.15, 0.2) is 0 Å². The molecule has 0 radical (unpaired) electrons. The summed E-state index contributed by atoms with van der Waals surface area (Å²) in [6, 6.07) is 0. The van der Waals surface area contributed by atoms with Gasteiger partial charge in [0.05, 0.1) is 21.3 Å². The van der Waals surface area contributed by atoms with Gasteiger partial charge in [-0.1, -0.05) is 24.8 Å². The van der Waals surface area contributed by atoms with Gasteiger partial charge in [0, 0.05) is 0 Å². The fraction of sp³-hybridized carbons (Fsp3) is 0.700. The van der Waals surface area contributed by atoms with Crippen LogP contribution in [0.3, 0.4) is 0 Å². The third-order valence-electron chi connectivity index (χ3n) is 6.27. The summed E-state index contributed by atoms with van der Waals surface area (Å²) in [4.78, 5) is 0. The zero-order valence-corrected chi connectivity index (χ0v) is 16.5. The van der Waals surface area contributed by atoms with Crippen molar-refractivity contribution in [3.63, 3.8) is 0 Å². The van der Waals surface area contributed by atoms with Crippen LogP contribution in [0.4, 0.5) is 0 Å². The molecular formula is C20H28O3Si. The summed E-state index contributed by atoms with van der Waals surface area (Å²) in [7, 11) is -1.45. The molecule has 0 saturated carbocycles. The monoisotopic (exact) mass is 344 g/mol. The van der Waals surface area contributed by atoms with Gasteiger partial charge in [0.2, 0.25) is 0 Å². The maximum absolute atomic E-state index is 6.60. The van der Waals surface area contributed by atoms with Gasteiger partial charge in [0.1, 0.15) is 11.7 Å². The average Bonchev–Trinajstić information content (AvgIpc) is 2.94. The Bertz CT molecular complexity index is 746. The quantitative estimate of drug-likeness (QED) is 0.720. The number of hydrogen-bond donors (Lipinski definition) is 0.